The van der Waals surface area contributed by atoms with E-state index in [1.807, 2.05) is 30.6 Å². The lowest BCUT2D eigenvalue weighted by Crippen LogP contribution is -2.40. The number of fused-ring (bicyclic) bond motifs is 4. The number of anilines is 1. The molecule has 3 saturated carbocycles. The standard InChI is InChI=1S/C23H23FN6S/c1-12-10-25-19-15(11-26-23(19)27-12)21-29-20(17-3-2-8-31-17)18(24)22(30-21)28-16-9-13-4-6-14(16)7-5-13/h2-3,8,10-11,13-14,16H,4-7,9H2,1H3,(H,26,27)(H,28,29,30). The number of halogens is 1. The molecular formula is C23H23FN6S. The quantitative estimate of drug-likeness (QED) is 0.438. The third kappa shape index (κ3) is 3.29. The Balaban J connectivity index is 1.47. The van der Waals surface area contributed by atoms with Crippen molar-refractivity contribution in [2.75, 3.05) is 5.32 Å². The highest BCUT2D eigenvalue weighted by Gasteiger charge is 2.36. The Bertz CT molecular complexity index is 1240. The van der Waals surface area contributed by atoms with Crippen LogP contribution in [0.25, 0.3) is 33.1 Å². The summed E-state index contributed by atoms with van der Waals surface area (Å²) < 4.78 is 15.6. The summed E-state index contributed by atoms with van der Waals surface area (Å²) in [7, 11) is 0. The first-order valence-electron chi connectivity index (χ1n) is 10.8. The van der Waals surface area contributed by atoms with Crippen LogP contribution in [0, 0.1) is 24.6 Å². The number of hydrogen-bond donors (Lipinski definition) is 2. The summed E-state index contributed by atoms with van der Waals surface area (Å²) in [4.78, 5) is 22.2. The molecule has 3 fully saturated rings. The lowest BCUT2D eigenvalue weighted by atomic mass is 9.68. The first-order chi connectivity index (χ1) is 15.2. The van der Waals surface area contributed by atoms with Gasteiger partial charge in [-0.1, -0.05) is 18.9 Å². The zero-order valence-corrected chi connectivity index (χ0v) is 18.0. The minimum absolute atomic E-state index is 0.270. The molecule has 1 unspecified atom stereocenters. The molecule has 0 aromatic carbocycles. The maximum Gasteiger partial charge on any atom is 0.192 e. The van der Waals surface area contributed by atoms with Gasteiger partial charge in [-0.15, -0.1) is 11.3 Å². The van der Waals surface area contributed by atoms with E-state index in [-0.39, 0.29) is 11.9 Å². The lowest BCUT2D eigenvalue weighted by molar-refractivity contribution is 0.157. The highest BCUT2D eigenvalue weighted by molar-refractivity contribution is 7.13. The van der Waals surface area contributed by atoms with Crippen molar-refractivity contribution in [3.8, 4) is 22.0 Å². The molecule has 158 valence electrons. The van der Waals surface area contributed by atoms with Crippen LogP contribution in [0.4, 0.5) is 10.2 Å². The summed E-state index contributed by atoms with van der Waals surface area (Å²) in [5, 5.41) is 5.41. The molecule has 0 saturated heterocycles. The van der Waals surface area contributed by atoms with E-state index in [9.17, 15) is 0 Å². The number of hydrogen-bond acceptors (Lipinski definition) is 6. The van der Waals surface area contributed by atoms with Gasteiger partial charge in [-0.2, -0.15) is 0 Å². The summed E-state index contributed by atoms with van der Waals surface area (Å²) in [6.45, 7) is 1.90. The summed E-state index contributed by atoms with van der Waals surface area (Å²) in [5.41, 5.74) is 3.26. The van der Waals surface area contributed by atoms with Crippen LogP contribution in [0.1, 0.15) is 37.8 Å². The van der Waals surface area contributed by atoms with E-state index in [0.717, 1.165) is 28.5 Å². The molecule has 2 N–H and O–H groups in total. The normalized spacial score (nSPS) is 22.8. The van der Waals surface area contributed by atoms with Crippen LogP contribution >= 0.6 is 11.3 Å². The number of nitrogens with one attached hydrogen (secondary N) is 2. The van der Waals surface area contributed by atoms with E-state index in [2.05, 4.69) is 30.2 Å². The first-order valence-corrected chi connectivity index (χ1v) is 11.7. The number of aryl methyl sites for hydroxylation is 1. The molecule has 31 heavy (non-hydrogen) atoms. The van der Waals surface area contributed by atoms with Gasteiger partial charge >= 0.3 is 0 Å². The number of thiophene rings is 1. The first kappa shape index (κ1) is 18.9. The summed E-state index contributed by atoms with van der Waals surface area (Å²) >= 11 is 1.47. The van der Waals surface area contributed by atoms with Crippen molar-refractivity contribution in [3.63, 3.8) is 0 Å². The third-order valence-corrected chi connectivity index (χ3v) is 7.59. The molecule has 7 rings (SSSR count). The predicted octanol–water partition coefficient (Wildman–Crippen LogP) is 5.58. The van der Waals surface area contributed by atoms with Gasteiger partial charge < -0.3 is 10.3 Å². The maximum absolute atomic E-state index is 15.6. The van der Waals surface area contributed by atoms with Gasteiger partial charge in [-0.25, -0.2) is 19.3 Å². The van der Waals surface area contributed by atoms with Crippen molar-refractivity contribution in [2.24, 2.45) is 11.8 Å². The fourth-order valence-electron chi connectivity index (χ4n) is 5.12. The van der Waals surface area contributed by atoms with Gasteiger partial charge in [0.2, 0.25) is 0 Å². The highest BCUT2D eigenvalue weighted by atomic mass is 32.1. The van der Waals surface area contributed by atoms with Gasteiger partial charge in [0.25, 0.3) is 0 Å². The van der Waals surface area contributed by atoms with Gasteiger partial charge in [0.05, 0.1) is 16.1 Å². The zero-order valence-electron chi connectivity index (χ0n) is 17.2. The zero-order chi connectivity index (χ0) is 20.9. The van der Waals surface area contributed by atoms with Gasteiger partial charge in [-0.05, 0) is 49.5 Å². The van der Waals surface area contributed by atoms with E-state index in [1.165, 1.54) is 37.0 Å². The second-order valence-corrected chi connectivity index (χ2v) is 9.66. The average molecular weight is 435 g/mol. The van der Waals surface area contributed by atoms with Gasteiger partial charge in [-0.3, -0.25) is 4.98 Å². The fourth-order valence-corrected chi connectivity index (χ4v) is 5.83. The number of H-pyrrole nitrogens is 1. The second kappa shape index (κ2) is 7.37. The van der Waals surface area contributed by atoms with E-state index in [0.29, 0.717) is 34.4 Å². The molecule has 0 aliphatic heterocycles. The minimum atomic E-state index is -0.380. The van der Waals surface area contributed by atoms with E-state index in [1.54, 1.807) is 6.20 Å². The SMILES string of the molecule is Cc1cnc2c(-c3nc(NC4CC5CCC4CC5)c(F)c(-c4cccs4)n3)c[nH]c2n1. The highest BCUT2D eigenvalue weighted by Crippen LogP contribution is 2.43. The van der Waals surface area contributed by atoms with Crippen molar-refractivity contribution < 1.29 is 4.39 Å². The Morgan fingerprint density at radius 1 is 1.16 bits per heavy atom. The summed E-state index contributed by atoms with van der Waals surface area (Å²) in [6, 6.07) is 4.07. The van der Waals surface area contributed by atoms with Gasteiger partial charge in [0.1, 0.15) is 11.2 Å². The Morgan fingerprint density at radius 3 is 2.77 bits per heavy atom. The van der Waals surface area contributed by atoms with Gasteiger partial charge in [0.15, 0.2) is 23.1 Å². The van der Waals surface area contributed by atoms with Crippen LogP contribution in [0.3, 0.4) is 0 Å². The molecular weight excluding hydrogens is 411 g/mol. The Hall–Kier alpha value is -2.87. The average Bonchev–Trinajstić information content (AvgIpc) is 3.46. The lowest BCUT2D eigenvalue weighted by Gasteiger charge is -2.42. The molecule has 0 amide bonds. The van der Waals surface area contributed by atoms with Crippen LogP contribution in [0.2, 0.25) is 0 Å². The topological polar surface area (TPSA) is 79.4 Å². The van der Waals surface area contributed by atoms with Crippen molar-refractivity contribution in [1.29, 1.82) is 0 Å². The molecule has 8 heteroatoms. The van der Waals surface area contributed by atoms with Crippen LogP contribution < -0.4 is 5.32 Å². The van der Waals surface area contributed by atoms with E-state index >= 15 is 4.39 Å². The number of rotatable bonds is 4. The van der Waals surface area contributed by atoms with Crippen LogP contribution in [0.15, 0.2) is 29.9 Å². The Kier molecular flexibility index (Phi) is 4.49. The largest absolute Gasteiger partial charge is 0.364 e. The molecule has 4 aromatic rings. The smallest absolute Gasteiger partial charge is 0.192 e. The predicted molar refractivity (Wildman–Crippen MR) is 120 cm³/mol. The second-order valence-electron chi connectivity index (χ2n) is 8.71. The summed E-state index contributed by atoms with van der Waals surface area (Å²) in [6.07, 6.45) is 9.66. The molecule has 1 atom stereocenters. The number of nitrogens with zero attached hydrogens (tertiary/aromatic N) is 4. The van der Waals surface area contributed by atoms with Crippen LogP contribution in [0.5, 0.6) is 0 Å². The van der Waals surface area contributed by atoms with Gasteiger partial charge in [0, 0.05) is 18.4 Å². The Labute approximate surface area is 183 Å². The molecule has 0 radical (unpaired) electrons. The van der Waals surface area contributed by atoms with Crippen molar-refractivity contribution in [2.45, 2.75) is 45.1 Å². The number of aromatic amines is 1. The van der Waals surface area contributed by atoms with Crippen molar-refractivity contribution >= 4 is 28.3 Å². The van der Waals surface area contributed by atoms with Crippen molar-refractivity contribution in [3.05, 3.63) is 41.4 Å². The molecule has 4 aromatic heterocycles. The third-order valence-electron chi connectivity index (χ3n) is 6.72. The van der Waals surface area contributed by atoms with E-state index in [4.69, 9.17) is 0 Å². The van der Waals surface area contributed by atoms with E-state index < -0.39 is 0 Å². The monoisotopic (exact) mass is 434 g/mol. The summed E-state index contributed by atoms with van der Waals surface area (Å²) in [5.74, 6) is 1.71. The Morgan fingerprint density at radius 2 is 2.03 bits per heavy atom. The van der Waals surface area contributed by atoms with Crippen molar-refractivity contribution in [1.82, 2.24) is 24.9 Å². The molecule has 3 aliphatic rings. The minimum Gasteiger partial charge on any atom is -0.364 e. The molecule has 2 bridgehead atoms. The van der Waals surface area contributed by atoms with Crippen LogP contribution in [-0.2, 0) is 0 Å². The molecule has 0 spiro atoms. The maximum atomic E-state index is 15.6. The van der Waals surface area contributed by atoms with Crippen LogP contribution in [-0.4, -0.2) is 31.0 Å². The molecule has 3 aliphatic carbocycles. The number of aromatic nitrogens is 5. The molecule has 6 nitrogen and oxygen atoms in total. The fraction of sp³-hybridized carbons (Fsp3) is 0.391. The molecule has 4 heterocycles.